The molecule has 0 aromatic carbocycles. The second-order valence-corrected chi connectivity index (χ2v) is 3.50. The zero-order chi connectivity index (χ0) is 10.6. The third kappa shape index (κ3) is 2.83. The van der Waals surface area contributed by atoms with Crippen LogP contribution in [0.3, 0.4) is 0 Å². The molecule has 0 spiro atoms. The number of amides is 1. The smallest absolute Gasteiger partial charge is 0.217 e. The lowest BCUT2D eigenvalue weighted by molar-refractivity contribution is -0.126. The standard InChI is InChI=1S/C11H15NO2/c1-8(13)11(12-9(2)14)10-6-4-3-5-7-10/h3-6,10-11H,7H2,1-2H3,(H,12,14). The maximum Gasteiger partial charge on any atom is 0.217 e. The van der Waals surface area contributed by atoms with E-state index in [4.69, 9.17) is 0 Å². The van der Waals surface area contributed by atoms with Gasteiger partial charge in [0.25, 0.3) is 0 Å². The van der Waals surface area contributed by atoms with Gasteiger partial charge in [-0.15, -0.1) is 0 Å². The van der Waals surface area contributed by atoms with Crippen LogP contribution in [0, 0.1) is 5.92 Å². The van der Waals surface area contributed by atoms with Crippen LogP contribution in [0.2, 0.25) is 0 Å². The molecule has 14 heavy (non-hydrogen) atoms. The first-order valence-corrected chi connectivity index (χ1v) is 4.72. The Labute approximate surface area is 83.9 Å². The summed E-state index contributed by atoms with van der Waals surface area (Å²) in [6.07, 6.45) is 8.62. The molecule has 0 radical (unpaired) electrons. The maximum absolute atomic E-state index is 11.3. The minimum Gasteiger partial charge on any atom is -0.346 e. The summed E-state index contributed by atoms with van der Waals surface area (Å²) in [4.78, 5) is 22.2. The van der Waals surface area contributed by atoms with E-state index in [2.05, 4.69) is 5.32 Å². The summed E-state index contributed by atoms with van der Waals surface area (Å²) in [6.45, 7) is 2.94. The van der Waals surface area contributed by atoms with Crippen molar-refractivity contribution in [2.24, 2.45) is 5.92 Å². The van der Waals surface area contributed by atoms with E-state index in [1.54, 1.807) is 0 Å². The van der Waals surface area contributed by atoms with Gasteiger partial charge >= 0.3 is 0 Å². The number of carbonyl (C=O) groups is 2. The molecule has 0 saturated heterocycles. The fourth-order valence-electron chi connectivity index (χ4n) is 1.58. The van der Waals surface area contributed by atoms with Crippen molar-refractivity contribution in [1.82, 2.24) is 5.32 Å². The third-order valence-corrected chi connectivity index (χ3v) is 2.24. The van der Waals surface area contributed by atoms with Gasteiger partial charge in [-0.25, -0.2) is 0 Å². The normalized spacial score (nSPS) is 21.7. The van der Waals surface area contributed by atoms with Gasteiger partial charge in [0.05, 0.1) is 6.04 Å². The molecule has 2 unspecified atom stereocenters. The van der Waals surface area contributed by atoms with Gasteiger partial charge in [-0.1, -0.05) is 24.3 Å². The van der Waals surface area contributed by atoms with Gasteiger partial charge in [-0.05, 0) is 13.3 Å². The summed E-state index contributed by atoms with van der Waals surface area (Å²) in [5.74, 6) is -0.0558. The van der Waals surface area contributed by atoms with Crippen LogP contribution in [0.4, 0.5) is 0 Å². The molecule has 76 valence electrons. The van der Waals surface area contributed by atoms with Crippen LogP contribution in [-0.2, 0) is 9.59 Å². The van der Waals surface area contributed by atoms with Crippen molar-refractivity contribution < 1.29 is 9.59 Å². The fraction of sp³-hybridized carbons (Fsp3) is 0.455. The van der Waals surface area contributed by atoms with Gasteiger partial charge < -0.3 is 5.32 Å². The summed E-state index contributed by atoms with van der Waals surface area (Å²) in [5, 5.41) is 2.68. The van der Waals surface area contributed by atoms with Crippen molar-refractivity contribution in [1.29, 1.82) is 0 Å². The van der Waals surface area contributed by atoms with E-state index in [9.17, 15) is 9.59 Å². The molecule has 1 aliphatic carbocycles. The molecule has 0 heterocycles. The first kappa shape index (κ1) is 10.7. The largest absolute Gasteiger partial charge is 0.346 e. The molecule has 0 saturated carbocycles. The van der Waals surface area contributed by atoms with E-state index in [-0.39, 0.29) is 23.7 Å². The maximum atomic E-state index is 11.3. The van der Waals surface area contributed by atoms with Gasteiger partial charge in [-0.3, -0.25) is 9.59 Å². The summed E-state index contributed by atoms with van der Waals surface area (Å²) < 4.78 is 0. The highest BCUT2D eigenvalue weighted by Gasteiger charge is 2.23. The molecule has 1 N–H and O–H groups in total. The molecule has 2 atom stereocenters. The first-order chi connectivity index (χ1) is 6.61. The van der Waals surface area contributed by atoms with Crippen LogP contribution >= 0.6 is 0 Å². The highest BCUT2D eigenvalue weighted by Crippen LogP contribution is 2.16. The van der Waals surface area contributed by atoms with Crippen molar-refractivity contribution >= 4 is 11.7 Å². The van der Waals surface area contributed by atoms with E-state index in [0.29, 0.717) is 0 Å². The predicted octanol–water partition coefficient (Wildman–Crippen LogP) is 1.21. The zero-order valence-electron chi connectivity index (χ0n) is 8.49. The van der Waals surface area contributed by atoms with E-state index in [1.165, 1.54) is 13.8 Å². The van der Waals surface area contributed by atoms with Crippen LogP contribution in [0.5, 0.6) is 0 Å². The number of Topliss-reactive ketones (excluding diaryl/α,β-unsaturated/α-hetero) is 1. The van der Waals surface area contributed by atoms with Crippen molar-refractivity contribution in [2.75, 3.05) is 0 Å². The van der Waals surface area contributed by atoms with Gasteiger partial charge in [0.15, 0.2) is 5.78 Å². The number of ketones is 1. The molecule has 0 aromatic heterocycles. The number of rotatable bonds is 3. The average Bonchev–Trinajstić information content (AvgIpc) is 2.15. The van der Waals surface area contributed by atoms with Crippen molar-refractivity contribution in [2.45, 2.75) is 26.3 Å². The second kappa shape index (κ2) is 4.74. The van der Waals surface area contributed by atoms with Crippen LogP contribution in [0.15, 0.2) is 24.3 Å². The van der Waals surface area contributed by atoms with Gasteiger partial charge in [0, 0.05) is 12.8 Å². The quantitative estimate of drug-likeness (QED) is 0.732. The Hall–Kier alpha value is -1.38. The van der Waals surface area contributed by atoms with Crippen LogP contribution in [0.25, 0.3) is 0 Å². The van der Waals surface area contributed by atoms with Crippen molar-refractivity contribution in [3.05, 3.63) is 24.3 Å². The molecule has 3 nitrogen and oxygen atoms in total. The number of hydrogen-bond donors (Lipinski definition) is 1. The lowest BCUT2D eigenvalue weighted by Crippen LogP contribution is -2.43. The molecular formula is C11H15NO2. The molecule has 0 fully saturated rings. The monoisotopic (exact) mass is 193 g/mol. The molecule has 1 rings (SSSR count). The minimum atomic E-state index is -0.381. The van der Waals surface area contributed by atoms with Crippen LogP contribution in [0.1, 0.15) is 20.3 Å². The molecule has 0 bridgehead atoms. The Morgan fingerprint density at radius 1 is 1.36 bits per heavy atom. The summed E-state index contributed by atoms with van der Waals surface area (Å²) in [6, 6.07) is -0.381. The van der Waals surface area contributed by atoms with E-state index in [0.717, 1.165) is 6.42 Å². The molecule has 0 aromatic rings. The molecule has 3 heteroatoms. The van der Waals surface area contributed by atoms with E-state index < -0.39 is 0 Å². The SMILES string of the molecule is CC(=O)NC(C(C)=O)C1C=CC=CC1. The average molecular weight is 193 g/mol. The first-order valence-electron chi connectivity index (χ1n) is 4.72. The fourth-order valence-corrected chi connectivity index (χ4v) is 1.58. The Balaban J connectivity index is 2.67. The predicted molar refractivity (Wildman–Crippen MR) is 54.7 cm³/mol. The topological polar surface area (TPSA) is 46.2 Å². The highest BCUT2D eigenvalue weighted by molar-refractivity contribution is 5.87. The zero-order valence-corrected chi connectivity index (χ0v) is 8.49. The van der Waals surface area contributed by atoms with Gasteiger partial charge in [0.2, 0.25) is 5.91 Å². The van der Waals surface area contributed by atoms with E-state index >= 15 is 0 Å². The van der Waals surface area contributed by atoms with Gasteiger partial charge in [-0.2, -0.15) is 0 Å². The van der Waals surface area contributed by atoms with E-state index in [1.807, 2.05) is 24.3 Å². The third-order valence-electron chi connectivity index (χ3n) is 2.24. The Morgan fingerprint density at radius 2 is 2.07 bits per heavy atom. The Bertz CT molecular complexity index is 292. The Kier molecular flexibility index (Phi) is 3.63. The van der Waals surface area contributed by atoms with Gasteiger partial charge in [0.1, 0.15) is 0 Å². The number of hydrogen-bond acceptors (Lipinski definition) is 2. The molecular weight excluding hydrogens is 178 g/mol. The summed E-state index contributed by atoms with van der Waals surface area (Å²) in [5.41, 5.74) is 0. The lowest BCUT2D eigenvalue weighted by atomic mass is 9.90. The number of nitrogens with one attached hydrogen (secondary N) is 1. The Morgan fingerprint density at radius 3 is 2.50 bits per heavy atom. The van der Waals surface area contributed by atoms with Crippen molar-refractivity contribution in [3.8, 4) is 0 Å². The second-order valence-electron chi connectivity index (χ2n) is 3.50. The van der Waals surface area contributed by atoms with Crippen LogP contribution in [-0.4, -0.2) is 17.7 Å². The minimum absolute atomic E-state index is 0.00477. The molecule has 0 aliphatic heterocycles. The summed E-state index contributed by atoms with van der Waals surface area (Å²) >= 11 is 0. The van der Waals surface area contributed by atoms with Crippen LogP contribution < -0.4 is 5.32 Å². The molecule has 1 aliphatic rings. The summed E-state index contributed by atoms with van der Waals surface area (Å²) in [7, 11) is 0. The van der Waals surface area contributed by atoms with Crippen molar-refractivity contribution in [3.63, 3.8) is 0 Å². The molecule has 1 amide bonds. The number of allylic oxidation sites excluding steroid dienone is 3. The highest BCUT2D eigenvalue weighted by atomic mass is 16.2. The number of carbonyl (C=O) groups excluding carboxylic acids is 2. The lowest BCUT2D eigenvalue weighted by Gasteiger charge is -2.23.